The van der Waals surface area contributed by atoms with Gasteiger partial charge in [0, 0.05) is 26.2 Å². The van der Waals surface area contributed by atoms with Crippen molar-refractivity contribution in [3.05, 3.63) is 0 Å². The zero-order valence-corrected chi connectivity index (χ0v) is 13.7. The first kappa shape index (κ1) is 18.9. The number of aliphatic hydroxyl groups is 1. The van der Waals surface area contributed by atoms with Crippen molar-refractivity contribution >= 4 is 0 Å². The third-order valence-corrected chi connectivity index (χ3v) is 3.81. The molecule has 1 N–H and O–H groups in total. The van der Waals surface area contributed by atoms with E-state index >= 15 is 0 Å². The van der Waals surface area contributed by atoms with Gasteiger partial charge in [-0.25, -0.2) is 0 Å². The lowest BCUT2D eigenvalue weighted by Crippen LogP contribution is -2.46. The van der Waals surface area contributed by atoms with E-state index in [1.165, 1.54) is 45.7 Å². The van der Waals surface area contributed by atoms with Crippen LogP contribution in [0.2, 0.25) is 0 Å². The second-order valence-corrected chi connectivity index (χ2v) is 5.21. The van der Waals surface area contributed by atoms with Crippen molar-refractivity contribution in [3.63, 3.8) is 0 Å². The zero-order chi connectivity index (χ0) is 14.5. The van der Waals surface area contributed by atoms with E-state index in [9.17, 15) is 5.11 Å². The first-order valence-electron chi connectivity index (χ1n) is 8.39. The van der Waals surface area contributed by atoms with Crippen molar-refractivity contribution in [2.24, 2.45) is 0 Å². The molecule has 0 aromatic rings. The van der Waals surface area contributed by atoms with Gasteiger partial charge >= 0.3 is 0 Å². The van der Waals surface area contributed by atoms with Crippen molar-refractivity contribution in [3.8, 4) is 0 Å². The number of aliphatic hydroxyl groups excluding tert-OH is 1. The Bertz CT molecular complexity index is 180. The number of unbranched alkanes of at least 4 members (excludes halogenated alkanes) is 1. The average molecular weight is 272 g/mol. The molecule has 1 fully saturated rings. The number of hydrogen-bond acceptors (Lipinski definition) is 3. The van der Waals surface area contributed by atoms with Crippen LogP contribution in [0.4, 0.5) is 0 Å². The molecular formula is C16H36N2O. The third-order valence-electron chi connectivity index (χ3n) is 3.81. The summed E-state index contributed by atoms with van der Waals surface area (Å²) in [6, 6.07) is 0. The van der Waals surface area contributed by atoms with Gasteiger partial charge in [0.15, 0.2) is 0 Å². The van der Waals surface area contributed by atoms with Crippen molar-refractivity contribution in [2.75, 3.05) is 39.3 Å². The molecule has 0 amide bonds. The number of nitrogens with zero attached hydrogens (tertiary/aromatic N) is 2. The minimum atomic E-state index is -0.0631. The monoisotopic (exact) mass is 272 g/mol. The second-order valence-electron chi connectivity index (χ2n) is 5.21. The number of rotatable bonds is 8. The summed E-state index contributed by atoms with van der Waals surface area (Å²) in [6.45, 7) is 15.6. The fourth-order valence-corrected chi connectivity index (χ4v) is 2.46. The molecule has 0 aromatic carbocycles. The van der Waals surface area contributed by atoms with Crippen LogP contribution >= 0.6 is 0 Å². The quantitative estimate of drug-likeness (QED) is 0.736. The van der Waals surface area contributed by atoms with Gasteiger partial charge in [-0.1, -0.05) is 40.5 Å². The summed E-state index contributed by atoms with van der Waals surface area (Å²) in [5.41, 5.74) is 0. The van der Waals surface area contributed by atoms with Crippen molar-refractivity contribution in [1.82, 2.24) is 9.80 Å². The number of piperazine rings is 1. The summed E-state index contributed by atoms with van der Waals surface area (Å²) in [5, 5.41) is 9.76. The largest absolute Gasteiger partial charge is 0.393 e. The average Bonchev–Trinajstić information content (AvgIpc) is 2.48. The number of likely N-dealkylation sites (N-methyl/N-ethyl adjacent to an activating group) is 1. The van der Waals surface area contributed by atoms with Crippen molar-refractivity contribution in [1.29, 1.82) is 0 Å². The second kappa shape index (κ2) is 12.9. The Hall–Kier alpha value is -0.120. The zero-order valence-electron chi connectivity index (χ0n) is 13.7. The van der Waals surface area contributed by atoms with Gasteiger partial charge < -0.3 is 14.9 Å². The van der Waals surface area contributed by atoms with Crippen LogP contribution in [0, 0.1) is 0 Å². The molecular weight excluding hydrogens is 236 g/mol. The van der Waals surface area contributed by atoms with E-state index in [0.717, 1.165) is 25.7 Å². The third kappa shape index (κ3) is 9.42. The highest BCUT2D eigenvalue weighted by atomic mass is 16.3. The molecule has 116 valence electrons. The molecule has 0 aromatic heterocycles. The minimum absolute atomic E-state index is 0.0631. The molecule has 1 rings (SSSR count). The smallest absolute Gasteiger partial charge is 0.0540 e. The topological polar surface area (TPSA) is 26.7 Å². The van der Waals surface area contributed by atoms with Gasteiger partial charge in [0.1, 0.15) is 0 Å². The van der Waals surface area contributed by atoms with Gasteiger partial charge in [-0.3, -0.25) is 0 Å². The maximum Gasteiger partial charge on any atom is 0.0540 e. The standard InChI is InChI=1S/C14H30N2O.C2H6/c1-3-5-7-14(17)8-6-9-16-12-10-15(4-2)11-13-16;1-2/h14,17H,3-13H2,1-2H3;1-2H3. The molecule has 3 nitrogen and oxygen atoms in total. The fourth-order valence-electron chi connectivity index (χ4n) is 2.46. The van der Waals surface area contributed by atoms with Crippen molar-refractivity contribution < 1.29 is 5.11 Å². The van der Waals surface area contributed by atoms with Gasteiger partial charge in [-0.05, 0) is 32.4 Å². The van der Waals surface area contributed by atoms with Crippen LogP contribution in [-0.4, -0.2) is 60.3 Å². The lowest BCUT2D eigenvalue weighted by Gasteiger charge is -2.34. The van der Waals surface area contributed by atoms with E-state index < -0.39 is 0 Å². The van der Waals surface area contributed by atoms with E-state index in [1.807, 2.05) is 13.8 Å². The number of hydrogen-bond donors (Lipinski definition) is 1. The molecule has 1 aliphatic rings. The summed E-state index contributed by atoms with van der Waals surface area (Å²) in [5.74, 6) is 0. The molecule has 1 unspecified atom stereocenters. The Balaban J connectivity index is 0.00000154. The maximum atomic E-state index is 9.76. The first-order valence-corrected chi connectivity index (χ1v) is 8.39. The van der Waals surface area contributed by atoms with E-state index in [1.54, 1.807) is 0 Å². The molecule has 1 atom stereocenters. The Labute approximate surface area is 121 Å². The Morgan fingerprint density at radius 2 is 1.42 bits per heavy atom. The Morgan fingerprint density at radius 3 is 1.95 bits per heavy atom. The van der Waals surface area contributed by atoms with E-state index in [-0.39, 0.29) is 6.10 Å². The fraction of sp³-hybridized carbons (Fsp3) is 1.00. The van der Waals surface area contributed by atoms with Crippen LogP contribution in [0.3, 0.4) is 0 Å². The van der Waals surface area contributed by atoms with Crippen LogP contribution in [0.1, 0.15) is 59.8 Å². The summed E-state index contributed by atoms with van der Waals surface area (Å²) in [4.78, 5) is 5.05. The molecule has 19 heavy (non-hydrogen) atoms. The molecule has 1 saturated heterocycles. The predicted octanol–water partition coefficient (Wildman–Crippen LogP) is 2.98. The molecule has 0 saturated carbocycles. The van der Waals surface area contributed by atoms with Gasteiger partial charge in [-0.2, -0.15) is 0 Å². The van der Waals surface area contributed by atoms with E-state index in [4.69, 9.17) is 0 Å². The summed E-state index contributed by atoms with van der Waals surface area (Å²) in [7, 11) is 0. The highest BCUT2D eigenvalue weighted by molar-refractivity contribution is 4.71. The van der Waals surface area contributed by atoms with Gasteiger partial charge in [0.05, 0.1) is 6.10 Å². The van der Waals surface area contributed by atoms with Crippen LogP contribution in [0.5, 0.6) is 0 Å². The Kier molecular flexibility index (Phi) is 12.8. The Morgan fingerprint density at radius 1 is 0.895 bits per heavy atom. The van der Waals surface area contributed by atoms with Crippen LogP contribution in [0.25, 0.3) is 0 Å². The van der Waals surface area contributed by atoms with Gasteiger partial charge in [0.25, 0.3) is 0 Å². The lowest BCUT2D eigenvalue weighted by molar-refractivity contribution is 0.117. The van der Waals surface area contributed by atoms with Crippen LogP contribution < -0.4 is 0 Å². The summed E-state index contributed by atoms with van der Waals surface area (Å²) >= 11 is 0. The SMILES string of the molecule is CC.CCCCC(O)CCCN1CCN(CC)CC1. The highest BCUT2D eigenvalue weighted by Gasteiger charge is 2.15. The minimum Gasteiger partial charge on any atom is -0.393 e. The molecule has 1 heterocycles. The van der Waals surface area contributed by atoms with Crippen molar-refractivity contribution in [2.45, 2.75) is 65.9 Å². The van der Waals surface area contributed by atoms with Gasteiger partial charge in [-0.15, -0.1) is 0 Å². The first-order chi connectivity index (χ1) is 9.26. The molecule has 0 radical (unpaired) electrons. The van der Waals surface area contributed by atoms with Crippen LogP contribution in [0.15, 0.2) is 0 Å². The summed E-state index contributed by atoms with van der Waals surface area (Å²) < 4.78 is 0. The highest BCUT2D eigenvalue weighted by Crippen LogP contribution is 2.08. The predicted molar refractivity (Wildman–Crippen MR) is 84.7 cm³/mol. The molecule has 0 bridgehead atoms. The molecule has 1 aliphatic heterocycles. The molecule has 0 aliphatic carbocycles. The summed E-state index contributed by atoms with van der Waals surface area (Å²) in [6.07, 6.45) is 5.41. The van der Waals surface area contributed by atoms with E-state index in [0.29, 0.717) is 0 Å². The van der Waals surface area contributed by atoms with Crippen LogP contribution in [-0.2, 0) is 0 Å². The maximum absolute atomic E-state index is 9.76. The lowest BCUT2D eigenvalue weighted by atomic mass is 10.1. The molecule has 0 spiro atoms. The molecule has 3 heteroatoms. The van der Waals surface area contributed by atoms with E-state index in [2.05, 4.69) is 23.6 Å². The van der Waals surface area contributed by atoms with Gasteiger partial charge in [0.2, 0.25) is 0 Å². The normalized spacial score (nSPS) is 18.8.